The lowest BCUT2D eigenvalue weighted by atomic mass is 9.90. The van der Waals surface area contributed by atoms with E-state index in [1.165, 1.54) is 18.5 Å². The highest BCUT2D eigenvalue weighted by atomic mass is 32.2. The molecule has 0 aliphatic heterocycles. The number of aromatic nitrogens is 1. The molecule has 0 spiro atoms. The molecule has 1 fully saturated rings. The highest BCUT2D eigenvalue weighted by Gasteiger charge is 2.32. The monoisotopic (exact) mass is 295 g/mol. The summed E-state index contributed by atoms with van der Waals surface area (Å²) in [5.74, 6) is 5.43. The normalized spacial score (nSPS) is 21.7. The first-order chi connectivity index (χ1) is 9.55. The quantitative estimate of drug-likeness (QED) is 0.753. The van der Waals surface area contributed by atoms with Crippen molar-refractivity contribution in [2.75, 3.05) is 13.7 Å². The molecule has 20 heavy (non-hydrogen) atoms. The summed E-state index contributed by atoms with van der Waals surface area (Å²) in [6.07, 6.45) is 4.34. The summed E-state index contributed by atoms with van der Waals surface area (Å²) in [6, 6.07) is 1.41. The average Bonchev–Trinajstić information content (AvgIpc) is 2.40. The zero-order valence-electron chi connectivity index (χ0n) is 11.2. The van der Waals surface area contributed by atoms with Crippen molar-refractivity contribution in [2.24, 2.45) is 5.73 Å². The molecular formula is C13H17N3O3S. The van der Waals surface area contributed by atoms with E-state index >= 15 is 0 Å². The Labute approximate surface area is 118 Å². The summed E-state index contributed by atoms with van der Waals surface area (Å²) in [7, 11) is -1.94. The minimum absolute atomic E-state index is 0.0799. The van der Waals surface area contributed by atoms with E-state index < -0.39 is 10.0 Å². The number of methoxy groups -OCH3 is 1. The summed E-state index contributed by atoms with van der Waals surface area (Å²) >= 11 is 0. The van der Waals surface area contributed by atoms with Gasteiger partial charge in [0.25, 0.3) is 0 Å². The van der Waals surface area contributed by atoms with Gasteiger partial charge in [-0.15, -0.1) is 0 Å². The van der Waals surface area contributed by atoms with Crippen LogP contribution in [0.5, 0.6) is 0 Å². The molecule has 3 N–H and O–H groups in total. The van der Waals surface area contributed by atoms with Gasteiger partial charge >= 0.3 is 0 Å². The van der Waals surface area contributed by atoms with Crippen molar-refractivity contribution in [3.63, 3.8) is 0 Å². The fourth-order valence-electron chi connectivity index (χ4n) is 1.93. The number of nitrogens with two attached hydrogens (primary N) is 1. The predicted molar refractivity (Wildman–Crippen MR) is 74.3 cm³/mol. The van der Waals surface area contributed by atoms with Crippen LogP contribution in [0.1, 0.15) is 18.4 Å². The second kappa shape index (κ2) is 6.33. The zero-order chi connectivity index (χ0) is 14.6. The van der Waals surface area contributed by atoms with Crippen LogP contribution in [0.2, 0.25) is 0 Å². The second-order valence-electron chi connectivity index (χ2n) is 4.56. The number of nitrogens with one attached hydrogen (secondary N) is 1. The smallest absolute Gasteiger partial charge is 0.242 e. The molecule has 1 aromatic heterocycles. The molecule has 1 aliphatic carbocycles. The van der Waals surface area contributed by atoms with Crippen molar-refractivity contribution < 1.29 is 13.2 Å². The van der Waals surface area contributed by atoms with Crippen LogP contribution in [0.3, 0.4) is 0 Å². The van der Waals surface area contributed by atoms with Crippen molar-refractivity contribution in [3.8, 4) is 11.8 Å². The van der Waals surface area contributed by atoms with Crippen molar-refractivity contribution in [1.82, 2.24) is 9.71 Å². The summed E-state index contributed by atoms with van der Waals surface area (Å²) in [4.78, 5) is 4.01. The average molecular weight is 295 g/mol. The maximum Gasteiger partial charge on any atom is 0.242 e. The van der Waals surface area contributed by atoms with E-state index in [0.29, 0.717) is 18.4 Å². The molecule has 1 aliphatic rings. The summed E-state index contributed by atoms with van der Waals surface area (Å²) in [6.45, 7) is 0.218. The Kier molecular flexibility index (Phi) is 4.73. The van der Waals surface area contributed by atoms with Crippen molar-refractivity contribution in [2.45, 2.75) is 29.9 Å². The van der Waals surface area contributed by atoms with Gasteiger partial charge in [-0.3, -0.25) is 4.98 Å². The molecule has 6 nitrogen and oxygen atoms in total. The maximum absolute atomic E-state index is 12.2. The number of sulfonamides is 1. The van der Waals surface area contributed by atoms with Crippen LogP contribution in [-0.2, 0) is 14.8 Å². The van der Waals surface area contributed by atoms with Gasteiger partial charge < -0.3 is 10.5 Å². The molecule has 0 bridgehead atoms. The molecule has 0 saturated heterocycles. The van der Waals surface area contributed by atoms with Gasteiger partial charge in [-0.25, -0.2) is 13.1 Å². The molecule has 1 saturated carbocycles. The Balaban J connectivity index is 2.09. The lowest BCUT2D eigenvalue weighted by molar-refractivity contribution is 0.0236. The Morgan fingerprint density at radius 1 is 1.50 bits per heavy atom. The van der Waals surface area contributed by atoms with Crippen molar-refractivity contribution in [1.29, 1.82) is 0 Å². The van der Waals surface area contributed by atoms with Crippen LogP contribution < -0.4 is 10.5 Å². The predicted octanol–water partition coefficient (Wildman–Crippen LogP) is -0.152. The SMILES string of the molecule is COC1CC(NS(=O)(=O)c2cncc(C#CCN)c2)C1. The summed E-state index contributed by atoms with van der Waals surface area (Å²) < 4.78 is 32.1. The van der Waals surface area contributed by atoms with Gasteiger partial charge in [-0.1, -0.05) is 11.8 Å². The van der Waals surface area contributed by atoms with Gasteiger partial charge in [0, 0.05) is 31.1 Å². The lowest BCUT2D eigenvalue weighted by Gasteiger charge is -2.34. The minimum atomic E-state index is -3.57. The number of ether oxygens (including phenoxy) is 1. The van der Waals surface area contributed by atoms with Gasteiger partial charge in [-0.05, 0) is 18.9 Å². The minimum Gasteiger partial charge on any atom is -0.381 e. The van der Waals surface area contributed by atoms with Gasteiger partial charge in [0.1, 0.15) is 4.90 Å². The molecular weight excluding hydrogens is 278 g/mol. The van der Waals surface area contributed by atoms with E-state index in [-0.39, 0.29) is 23.6 Å². The van der Waals surface area contributed by atoms with Gasteiger partial charge in [0.2, 0.25) is 10.0 Å². The van der Waals surface area contributed by atoms with E-state index in [1.54, 1.807) is 7.11 Å². The van der Waals surface area contributed by atoms with Gasteiger partial charge in [0.15, 0.2) is 0 Å². The first kappa shape index (κ1) is 14.9. The second-order valence-corrected chi connectivity index (χ2v) is 6.28. The maximum atomic E-state index is 12.2. The van der Waals surface area contributed by atoms with E-state index in [2.05, 4.69) is 21.5 Å². The van der Waals surface area contributed by atoms with E-state index in [9.17, 15) is 8.42 Å². The molecule has 0 radical (unpaired) electrons. The third kappa shape index (κ3) is 3.55. The Hall–Kier alpha value is -1.46. The molecule has 1 aromatic rings. The number of nitrogens with zero attached hydrogens (tertiary/aromatic N) is 1. The fourth-order valence-corrected chi connectivity index (χ4v) is 3.18. The topological polar surface area (TPSA) is 94.3 Å². The number of hydrogen-bond donors (Lipinski definition) is 2. The molecule has 1 heterocycles. The van der Waals surface area contributed by atoms with Gasteiger partial charge in [-0.2, -0.15) is 0 Å². The number of pyridine rings is 1. The lowest BCUT2D eigenvalue weighted by Crippen LogP contribution is -2.47. The Morgan fingerprint density at radius 3 is 2.90 bits per heavy atom. The standard InChI is InChI=1S/C13H17N3O3S/c1-19-12-6-11(7-12)16-20(17,18)13-5-10(3-2-4-14)8-15-9-13/h5,8-9,11-12,16H,4,6-7,14H2,1H3. The molecule has 0 unspecified atom stereocenters. The molecule has 0 aromatic carbocycles. The van der Waals surface area contributed by atoms with Crippen molar-refractivity contribution >= 4 is 10.0 Å². The zero-order valence-corrected chi connectivity index (χ0v) is 12.0. The van der Waals surface area contributed by atoms with Crippen LogP contribution in [0.15, 0.2) is 23.4 Å². The fraction of sp³-hybridized carbons (Fsp3) is 0.462. The van der Waals surface area contributed by atoms with E-state index in [4.69, 9.17) is 10.5 Å². The molecule has 7 heteroatoms. The number of hydrogen-bond acceptors (Lipinski definition) is 5. The summed E-state index contributed by atoms with van der Waals surface area (Å²) in [5.41, 5.74) is 5.81. The largest absolute Gasteiger partial charge is 0.381 e. The van der Waals surface area contributed by atoms with Crippen LogP contribution >= 0.6 is 0 Å². The molecule has 108 valence electrons. The van der Waals surface area contributed by atoms with Crippen LogP contribution in [0.4, 0.5) is 0 Å². The Morgan fingerprint density at radius 2 is 2.25 bits per heavy atom. The van der Waals surface area contributed by atoms with Crippen LogP contribution in [0.25, 0.3) is 0 Å². The molecule has 0 atom stereocenters. The van der Waals surface area contributed by atoms with E-state index in [1.807, 2.05) is 0 Å². The van der Waals surface area contributed by atoms with E-state index in [0.717, 1.165) is 0 Å². The Bertz CT molecular complexity index is 628. The van der Waals surface area contributed by atoms with Crippen LogP contribution in [-0.4, -0.2) is 39.2 Å². The highest BCUT2D eigenvalue weighted by Crippen LogP contribution is 2.24. The van der Waals surface area contributed by atoms with Crippen molar-refractivity contribution in [3.05, 3.63) is 24.0 Å². The molecule has 0 amide bonds. The third-order valence-electron chi connectivity index (χ3n) is 3.11. The third-order valence-corrected chi connectivity index (χ3v) is 4.60. The first-order valence-electron chi connectivity index (χ1n) is 6.24. The molecule has 2 rings (SSSR count). The summed E-state index contributed by atoms with van der Waals surface area (Å²) in [5, 5.41) is 0. The van der Waals surface area contributed by atoms with Gasteiger partial charge in [0.05, 0.1) is 12.6 Å². The highest BCUT2D eigenvalue weighted by molar-refractivity contribution is 7.89. The number of rotatable bonds is 4. The van der Waals surface area contributed by atoms with Crippen LogP contribution in [0, 0.1) is 11.8 Å². The first-order valence-corrected chi connectivity index (χ1v) is 7.72.